The Morgan fingerprint density at radius 3 is 2.24 bits per heavy atom. The van der Waals surface area contributed by atoms with E-state index in [1.165, 1.54) is 6.07 Å². The van der Waals surface area contributed by atoms with Crippen LogP contribution in [-0.4, -0.2) is 11.0 Å². The number of carbonyl (C=O) groups is 1. The van der Waals surface area contributed by atoms with Crippen LogP contribution < -0.4 is 10.6 Å². The van der Waals surface area contributed by atoms with Crippen LogP contribution in [0.25, 0.3) is 21.5 Å². The summed E-state index contributed by atoms with van der Waals surface area (Å²) >= 11 is 0. The molecule has 0 radical (unpaired) electrons. The Kier molecular flexibility index (Phi) is 4.83. The van der Waals surface area contributed by atoms with E-state index in [2.05, 4.69) is 10.6 Å². The zero-order chi connectivity index (χ0) is 20.4. The predicted molar refractivity (Wildman–Crippen MR) is 115 cm³/mol. The molecule has 0 aliphatic heterocycles. The molecule has 1 atom stereocenters. The molecule has 29 heavy (non-hydrogen) atoms. The number of benzene rings is 4. The summed E-state index contributed by atoms with van der Waals surface area (Å²) in [7, 11) is 0. The van der Waals surface area contributed by atoms with Gasteiger partial charge in [0.15, 0.2) is 0 Å². The maximum atomic E-state index is 12.4. The molecule has 0 aromatic heterocycles. The van der Waals surface area contributed by atoms with Crippen LogP contribution in [0.5, 0.6) is 0 Å². The third-order valence-corrected chi connectivity index (χ3v) is 4.94. The van der Waals surface area contributed by atoms with Gasteiger partial charge < -0.3 is 10.6 Å². The zero-order valence-corrected chi connectivity index (χ0v) is 15.8. The third kappa shape index (κ3) is 3.87. The standard InChI is InChI=1S/C23H19N3O3/c1-15(16-5-3-2-4-6-16)24-23(27)25-19-9-11-21-17(13-19)7-8-18-14-20(26(28)29)10-12-22(18)21/h2-15H,1H3,(H2,24,25,27). The van der Waals surface area contributed by atoms with Crippen molar-refractivity contribution < 1.29 is 9.72 Å². The van der Waals surface area contributed by atoms with Gasteiger partial charge in [-0.1, -0.05) is 48.5 Å². The molecular formula is C23H19N3O3. The Labute approximate surface area is 167 Å². The first kappa shape index (κ1) is 18.4. The number of hydrogen-bond acceptors (Lipinski definition) is 3. The van der Waals surface area contributed by atoms with Crippen molar-refractivity contribution in [3.05, 3.63) is 94.5 Å². The average Bonchev–Trinajstić information content (AvgIpc) is 2.73. The van der Waals surface area contributed by atoms with Crippen LogP contribution in [0.1, 0.15) is 18.5 Å². The quantitative estimate of drug-likeness (QED) is 0.265. The number of nitro benzene ring substituents is 1. The van der Waals surface area contributed by atoms with Crippen molar-refractivity contribution in [1.82, 2.24) is 5.32 Å². The SMILES string of the molecule is CC(NC(=O)Nc1ccc2c(ccc3cc([N+](=O)[O-])ccc32)c1)c1ccccc1. The minimum absolute atomic E-state index is 0.0688. The molecule has 4 aromatic carbocycles. The molecule has 2 N–H and O–H groups in total. The summed E-state index contributed by atoms with van der Waals surface area (Å²) in [5, 5.41) is 20.4. The number of carbonyl (C=O) groups excluding carboxylic acids is 1. The number of fused-ring (bicyclic) bond motifs is 3. The Morgan fingerprint density at radius 1 is 0.897 bits per heavy atom. The minimum atomic E-state index is -0.397. The van der Waals surface area contributed by atoms with Gasteiger partial charge in [0.1, 0.15) is 0 Å². The summed E-state index contributed by atoms with van der Waals surface area (Å²) in [6.45, 7) is 1.93. The second kappa shape index (κ2) is 7.59. The van der Waals surface area contributed by atoms with Crippen LogP contribution in [-0.2, 0) is 0 Å². The molecule has 4 rings (SSSR count). The van der Waals surface area contributed by atoms with Crippen LogP contribution in [0.15, 0.2) is 78.9 Å². The second-order valence-corrected chi connectivity index (χ2v) is 6.89. The zero-order valence-electron chi connectivity index (χ0n) is 15.8. The largest absolute Gasteiger partial charge is 0.331 e. The van der Waals surface area contributed by atoms with E-state index in [0.717, 1.165) is 27.1 Å². The summed E-state index contributed by atoms with van der Waals surface area (Å²) < 4.78 is 0. The van der Waals surface area contributed by atoms with Crippen molar-refractivity contribution >= 4 is 39.0 Å². The summed E-state index contributed by atoms with van der Waals surface area (Å²) in [6.07, 6.45) is 0. The monoisotopic (exact) mass is 385 g/mol. The Balaban J connectivity index is 1.55. The number of amides is 2. The molecule has 144 valence electrons. The van der Waals surface area contributed by atoms with Crippen molar-refractivity contribution in [3.8, 4) is 0 Å². The highest BCUT2D eigenvalue weighted by Crippen LogP contribution is 2.30. The maximum absolute atomic E-state index is 12.4. The van der Waals surface area contributed by atoms with Gasteiger partial charge in [-0.05, 0) is 52.2 Å². The topological polar surface area (TPSA) is 84.3 Å². The van der Waals surface area contributed by atoms with Crippen LogP contribution >= 0.6 is 0 Å². The van der Waals surface area contributed by atoms with Crippen molar-refractivity contribution in [2.75, 3.05) is 5.32 Å². The predicted octanol–water partition coefficient (Wildman–Crippen LogP) is 5.78. The van der Waals surface area contributed by atoms with Crippen LogP contribution in [0.4, 0.5) is 16.2 Å². The molecule has 0 aliphatic rings. The van der Waals surface area contributed by atoms with E-state index in [0.29, 0.717) is 5.69 Å². The van der Waals surface area contributed by atoms with Gasteiger partial charge in [-0.3, -0.25) is 10.1 Å². The number of rotatable bonds is 4. The highest BCUT2D eigenvalue weighted by molar-refractivity contribution is 6.09. The van der Waals surface area contributed by atoms with Gasteiger partial charge in [-0.2, -0.15) is 0 Å². The summed E-state index contributed by atoms with van der Waals surface area (Å²) in [6, 6.07) is 23.6. The third-order valence-electron chi connectivity index (χ3n) is 4.94. The molecular weight excluding hydrogens is 366 g/mol. The molecule has 0 saturated heterocycles. The second-order valence-electron chi connectivity index (χ2n) is 6.89. The van der Waals surface area contributed by atoms with Gasteiger partial charge in [-0.15, -0.1) is 0 Å². The first-order chi connectivity index (χ1) is 14.0. The van der Waals surface area contributed by atoms with E-state index < -0.39 is 4.92 Å². The molecule has 0 bridgehead atoms. The average molecular weight is 385 g/mol. The van der Waals surface area contributed by atoms with Crippen LogP contribution in [0, 0.1) is 10.1 Å². The lowest BCUT2D eigenvalue weighted by atomic mass is 10.0. The minimum Gasteiger partial charge on any atom is -0.331 e. The van der Waals surface area contributed by atoms with Gasteiger partial charge in [0.25, 0.3) is 5.69 Å². The maximum Gasteiger partial charge on any atom is 0.319 e. The lowest BCUT2D eigenvalue weighted by molar-refractivity contribution is -0.384. The fraction of sp³-hybridized carbons (Fsp3) is 0.0870. The summed E-state index contributed by atoms with van der Waals surface area (Å²) in [5.41, 5.74) is 1.78. The van der Waals surface area contributed by atoms with E-state index in [1.54, 1.807) is 12.1 Å². The Morgan fingerprint density at radius 2 is 1.55 bits per heavy atom. The summed E-state index contributed by atoms with van der Waals surface area (Å²) in [4.78, 5) is 22.9. The van der Waals surface area contributed by atoms with E-state index >= 15 is 0 Å². The van der Waals surface area contributed by atoms with Gasteiger partial charge in [-0.25, -0.2) is 4.79 Å². The van der Waals surface area contributed by atoms with E-state index in [9.17, 15) is 14.9 Å². The Bertz CT molecular complexity index is 1220. The first-order valence-electron chi connectivity index (χ1n) is 9.25. The lowest BCUT2D eigenvalue weighted by Crippen LogP contribution is -2.31. The smallest absolute Gasteiger partial charge is 0.319 e. The van der Waals surface area contributed by atoms with Crippen molar-refractivity contribution in [2.24, 2.45) is 0 Å². The highest BCUT2D eigenvalue weighted by atomic mass is 16.6. The molecule has 4 aromatic rings. The Hall–Kier alpha value is -3.93. The highest BCUT2D eigenvalue weighted by Gasteiger charge is 2.11. The number of nitro groups is 1. The van der Waals surface area contributed by atoms with Crippen LogP contribution in [0.3, 0.4) is 0 Å². The van der Waals surface area contributed by atoms with E-state index in [4.69, 9.17) is 0 Å². The van der Waals surface area contributed by atoms with Gasteiger partial charge in [0.2, 0.25) is 0 Å². The number of nitrogens with zero attached hydrogens (tertiary/aromatic N) is 1. The fourth-order valence-corrected chi connectivity index (χ4v) is 3.44. The molecule has 0 spiro atoms. The first-order valence-corrected chi connectivity index (χ1v) is 9.25. The molecule has 6 heteroatoms. The van der Waals surface area contributed by atoms with Gasteiger partial charge in [0, 0.05) is 17.8 Å². The van der Waals surface area contributed by atoms with E-state index in [1.807, 2.05) is 67.6 Å². The van der Waals surface area contributed by atoms with Crippen molar-refractivity contribution in [2.45, 2.75) is 13.0 Å². The molecule has 0 saturated carbocycles. The van der Waals surface area contributed by atoms with Crippen LogP contribution in [0.2, 0.25) is 0 Å². The number of non-ortho nitro benzene ring substituents is 1. The number of anilines is 1. The summed E-state index contributed by atoms with van der Waals surface area (Å²) in [5.74, 6) is 0. The molecule has 0 aliphatic carbocycles. The molecule has 2 amide bonds. The number of nitrogens with one attached hydrogen (secondary N) is 2. The van der Waals surface area contributed by atoms with Gasteiger partial charge in [0.05, 0.1) is 11.0 Å². The number of hydrogen-bond donors (Lipinski definition) is 2. The van der Waals surface area contributed by atoms with Crippen molar-refractivity contribution in [3.63, 3.8) is 0 Å². The lowest BCUT2D eigenvalue weighted by Gasteiger charge is -2.15. The molecule has 0 fully saturated rings. The normalized spacial score (nSPS) is 11.9. The van der Waals surface area contributed by atoms with E-state index in [-0.39, 0.29) is 17.8 Å². The fourth-order valence-electron chi connectivity index (χ4n) is 3.44. The molecule has 1 unspecified atom stereocenters. The van der Waals surface area contributed by atoms with Crippen molar-refractivity contribution in [1.29, 1.82) is 0 Å². The molecule has 0 heterocycles. The van der Waals surface area contributed by atoms with Gasteiger partial charge >= 0.3 is 6.03 Å². The number of urea groups is 1. The molecule has 6 nitrogen and oxygen atoms in total.